The maximum absolute atomic E-state index is 13.1. The SMILES string of the molecule is CSc1ccc(-c2sc(C(=O)O)nc2-c2ccc(F)cc2)cc1. The van der Waals surface area contributed by atoms with Gasteiger partial charge >= 0.3 is 5.97 Å². The number of halogens is 1. The number of benzene rings is 2. The largest absolute Gasteiger partial charge is 0.476 e. The Hall–Kier alpha value is -2.18. The monoisotopic (exact) mass is 345 g/mol. The van der Waals surface area contributed by atoms with E-state index < -0.39 is 5.97 Å². The van der Waals surface area contributed by atoms with Crippen molar-refractivity contribution in [2.45, 2.75) is 4.90 Å². The number of rotatable bonds is 4. The molecule has 0 radical (unpaired) electrons. The van der Waals surface area contributed by atoms with Gasteiger partial charge in [-0.2, -0.15) is 0 Å². The highest BCUT2D eigenvalue weighted by Crippen LogP contribution is 2.37. The van der Waals surface area contributed by atoms with E-state index in [0.29, 0.717) is 11.3 Å². The maximum atomic E-state index is 13.1. The number of hydrogen-bond acceptors (Lipinski definition) is 4. The molecule has 0 amide bonds. The third kappa shape index (κ3) is 3.28. The van der Waals surface area contributed by atoms with Gasteiger partial charge < -0.3 is 5.11 Å². The molecule has 1 N–H and O–H groups in total. The summed E-state index contributed by atoms with van der Waals surface area (Å²) < 4.78 is 13.1. The van der Waals surface area contributed by atoms with Crippen molar-refractivity contribution < 1.29 is 14.3 Å². The summed E-state index contributed by atoms with van der Waals surface area (Å²) in [5, 5.41) is 9.25. The van der Waals surface area contributed by atoms with Crippen LogP contribution in [0.1, 0.15) is 9.80 Å². The molecule has 0 unspecified atom stereocenters. The molecule has 23 heavy (non-hydrogen) atoms. The summed E-state index contributed by atoms with van der Waals surface area (Å²) >= 11 is 2.76. The molecule has 0 bridgehead atoms. The van der Waals surface area contributed by atoms with E-state index in [1.807, 2.05) is 30.5 Å². The second-order valence-corrected chi connectivity index (χ2v) is 6.62. The van der Waals surface area contributed by atoms with Crippen LogP contribution in [-0.4, -0.2) is 22.3 Å². The first-order valence-corrected chi connectivity index (χ1v) is 8.77. The Bertz CT molecular complexity index is 842. The molecule has 3 aromatic rings. The van der Waals surface area contributed by atoms with Crippen molar-refractivity contribution in [3.05, 3.63) is 59.4 Å². The molecule has 0 saturated carbocycles. The van der Waals surface area contributed by atoms with Crippen molar-refractivity contribution >= 4 is 29.1 Å². The molecular formula is C17H12FNO2S2. The van der Waals surface area contributed by atoms with E-state index in [2.05, 4.69) is 4.98 Å². The molecule has 0 aliphatic heterocycles. The highest BCUT2D eigenvalue weighted by molar-refractivity contribution is 7.98. The van der Waals surface area contributed by atoms with Crippen molar-refractivity contribution in [3.8, 4) is 21.7 Å². The van der Waals surface area contributed by atoms with Crippen molar-refractivity contribution in [2.75, 3.05) is 6.26 Å². The first-order chi connectivity index (χ1) is 11.1. The molecule has 0 spiro atoms. The van der Waals surface area contributed by atoms with Gasteiger partial charge in [0, 0.05) is 10.5 Å². The fourth-order valence-corrected chi connectivity index (χ4v) is 3.49. The van der Waals surface area contributed by atoms with Crippen molar-refractivity contribution in [1.82, 2.24) is 4.98 Å². The molecule has 0 saturated heterocycles. The molecule has 116 valence electrons. The van der Waals surface area contributed by atoms with Crippen LogP contribution >= 0.6 is 23.1 Å². The standard InChI is InChI=1S/C17H12FNO2S2/c1-22-13-8-4-11(5-9-13)15-14(19-16(23-15)17(20)21)10-2-6-12(18)7-3-10/h2-9H,1H3,(H,20,21). The number of thiazole rings is 1. The summed E-state index contributed by atoms with van der Waals surface area (Å²) in [6.07, 6.45) is 1.99. The lowest BCUT2D eigenvalue weighted by Crippen LogP contribution is -1.94. The Morgan fingerprint density at radius 1 is 1.09 bits per heavy atom. The molecule has 0 aliphatic rings. The van der Waals surface area contributed by atoms with Crippen LogP contribution in [-0.2, 0) is 0 Å². The quantitative estimate of drug-likeness (QED) is 0.673. The molecule has 0 fully saturated rings. The van der Waals surface area contributed by atoms with Crippen LogP contribution in [0.2, 0.25) is 0 Å². The average molecular weight is 345 g/mol. The molecule has 1 aromatic heterocycles. The summed E-state index contributed by atoms with van der Waals surface area (Å²) in [4.78, 5) is 17.4. The van der Waals surface area contributed by atoms with Gasteiger partial charge in [-0.1, -0.05) is 12.1 Å². The van der Waals surface area contributed by atoms with Crippen molar-refractivity contribution in [2.24, 2.45) is 0 Å². The highest BCUT2D eigenvalue weighted by atomic mass is 32.2. The second kappa shape index (κ2) is 6.52. The number of thioether (sulfide) groups is 1. The summed E-state index contributed by atoms with van der Waals surface area (Å²) in [6, 6.07) is 13.7. The minimum absolute atomic E-state index is 0.0215. The van der Waals surface area contributed by atoms with Crippen molar-refractivity contribution in [3.63, 3.8) is 0 Å². The maximum Gasteiger partial charge on any atom is 0.365 e. The molecule has 6 heteroatoms. The van der Waals surface area contributed by atoms with E-state index in [1.54, 1.807) is 23.9 Å². The number of aromatic nitrogens is 1. The molecule has 3 nitrogen and oxygen atoms in total. The van der Waals surface area contributed by atoms with Gasteiger partial charge in [-0.15, -0.1) is 23.1 Å². The van der Waals surface area contributed by atoms with Crippen LogP contribution in [0.3, 0.4) is 0 Å². The van der Waals surface area contributed by atoms with Crippen LogP contribution in [0.5, 0.6) is 0 Å². The smallest absolute Gasteiger partial charge is 0.365 e. The topological polar surface area (TPSA) is 50.2 Å². The Kier molecular flexibility index (Phi) is 4.45. The van der Waals surface area contributed by atoms with Gasteiger partial charge in [0.2, 0.25) is 5.01 Å². The van der Waals surface area contributed by atoms with Gasteiger partial charge in [-0.3, -0.25) is 0 Å². The van der Waals surface area contributed by atoms with Crippen LogP contribution < -0.4 is 0 Å². The van der Waals surface area contributed by atoms with Gasteiger partial charge in [0.05, 0.1) is 10.6 Å². The zero-order chi connectivity index (χ0) is 16.4. The van der Waals surface area contributed by atoms with E-state index in [0.717, 1.165) is 26.7 Å². The summed E-state index contributed by atoms with van der Waals surface area (Å²) in [6.45, 7) is 0. The second-order valence-electron chi connectivity index (χ2n) is 4.74. The number of carbonyl (C=O) groups is 1. The van der Waals surface area contributed by atoms with Gasteiger partial charge in [0.1, 0.15) is 5.82 Å². The van der Waals surface area contributed by atoms with E-state index in [9.17, 15) is 14.3 Å². The average Bonchev–Trinajstić information content (AvgIpc) is 3.01. The third-order valence-corrected chi connectivity index (χ3v) is 5.12. The van der Waals surface area contributed by atoms with Gasteiger partial charge in [-0.25, -0.2) is 14.2 Å². The van der Waals surface area contributed by atoms with Crippen molar-refractivity contribution in [1.29, 1.82) is 0 Å². The Morgan fingerprint density at radius 3 is 2.26 bits per heavy atom. The van der Waals surface area contributed by atoms with E-state index in [-0.39, 0.29) is 10.8 Å². The normalized spacial score (nSPS) is 10.7. The Balaban J connectivity index is 2.13. The predicted octanol–water partition coefficient (Wildman–Crippen LogP) is 5.04. The lowest BCUT2D eigenvalue weighted by Gasteiger charge is -2.04. The van der Waals surface area contributed by atoms with Crippen LogP contribution in [0, 0.1) is 5.82 Å². The Labute approximate surface area is 140 Å². The number of carboxylic acids is 1. The van der Waals surface area contributed by atoms with E-state index in [1.165, 1.54) is 12.1 Å². The number of aromatic carboxylic acids is 1. The fraction of sp³-hybridized carbons (Fsp3) is 0.0588. The Morgan fingerprint density at radius 2 is 1.70 bits per heavy atom. The lowest BCUT2D eigenvalue weighted by atomic mass is 10.1. The molecule has 0 atom stereocenters. The summed E-state index contributed by atoms with van der Waals surface area (Å²) in [5.74, 6) is -1.40. The summed E-state index contributed by atoms with van der Waals surface area (Å²) in [5.41, 5.74) is 2.15. The third-order valence-electron chi connectivity index (χ3n) is 3.28. The molecular weight excluding hydrogens is 333 g/mol. The van der Waals surface area contributed by atoms with Crippen LogP contribution in [0.25, 0.3) is 21.7 Å². The fourth-order valence-electron chi connectivity index (χ4n) is 2.15. The molecule has 0 aliphatic carbocycles. The minimum Gasteiger partial charge on any atom is -0.476 e. The first-order valence-electron chi connectivity index (χ1n) is 6.73. The minimum atomic E-state index is -1.06. The number of hydrogen-bond donors (Lipinski definition) is 1. The summed E-state index contributed by atoms with van der Waals surface area (Å²) in [7, 11) is 0. The number of carboxylic acid groups (broad SMARTS) is 1. The number of nitrogens with zero attached hydrogens (tertiary/aromatic N) is 1. The van der Waals surface area contributed by atoms with Crippen LogP contribution in [0.4, 0.5) is 4.39 Å². The predicted molar refractivity (Wildman–Crippen MR) is 91.7 cm³/mol. The first kappa shape index (κ1) is 15.7. The zero-order valence-corrected chi connectivity index (χ0v) is 13.7. The van der Waals surface area contributed by atoms with Gasteiger partial charge in [-0.05, 0) is 48.2 Å². The molecule has 3 rings (SSSR count). The van der Waals surface area contributed by atoms with Gasteiger partial charge in [0.15, 0.2) is 0 Å². The van der Waals surface area contributed by atoms with E-state index in [4.69, 9.17) is 0 Å². The lowest BCUT2D eigenvalue weighted by molar-refractivity contribution is 0.0696. The molecule has 1 heterocycles. The molecule has 2 aromatic carbocycles. The van der Waals surface area contributed by atoms with E-state index >= 15 is 0 Å². The zero-order valence-electron chi connectivity index (χ0n) is 12.1. The van der Waals surface area contributed by atoms with Crippen LogP contribution in [0.15, 0.2) is 53.4 Å². The van der Waals surface area contributed by atoms with Gasteiger partial charge in [0.25, 0.3) is 0 Å². The highest BCUT2D eigenvalue weighted by Gasteiger charge is 2.18.